The molecule has 6 nitrogen and oxygen atoms in total. The highest BCUT2D eigenvalue weighted by molar-refractivity contribution is 8.01. The molecule has 7 heteroatoms. The number of amides is 1. The summed E-state index contributed by atoms with van der Waals surface area (Å²) in [5.41, 5.74) is 0. The third kappa shape index (κ3) is 2.59. The van der Waals surface area contributed by atoms with E-state index < -0.39 is 16.8 Å². The monoisotopic (exact) mass is 326 g/mol. The Bertz CT molecular complexity index is 510. The van der Waals surface area contributed by atoms with Crippen LogP contribution in [-0.4, -0.2) is 68.1 Å². The molecule has 3 heterocycles. The van der Waals surface area contributed by atoms with Crippen molar-refractivity contribution in [1.82, 2.24) is 10.2 Å². The number of nitrogens with zero attached hydrogens (tertiary/aromatic N) is 2. The zero-order valence-corrected chi connectivity index (χ0v) is 13.9. The van der Waals surface area contributed by atoms with Crippen LogP contribution in [0, 0.1) is 0 Å². The Hall–Kier alpha value is -1.24. The molecule has 0 bridgehead atoms. The number of thioether (sulfide) groups is 1. The number of β-lactam (4-membered cyclic amide) rings is 1. The lowest BCUT2D eigenvalue weighted by Crippen LogP contribution is -2.70. The topological polar surface area (TPSA) is 72.7 Å². The maximum Gasteiger partial charge on any atom is 0.327 e. The zero-order chi connectivity index (χ0) is 15.9. The second-order valence-corrected chi connectivity index (χ2v) is 8.59. The molecule has 0 spiro atoms. The van der Waals surface area contributed by atoms with Crippen molar-refractivity contribution in [1.29, 1.82) is 0 Å². The minimum Gasteiger partial charge on any atom is -0.480 e. The summed E-state index contributed by atoms with van der Waals surface area (Å²) in [6.45, 7) is 5.85. The highest BCUT2D eigenvalue weighted by atomic mass is 32.2. The minimum absolute atomic E-state index is 0.0770. The Balaban J connectivity index is 1.67. The molecule has 3 aliphatic heterocycles. The Morgan fingerprint density at radius 1 is 1.36 bits per heavy atom. The highest BCUT2D eigenvalue weighted by Crippen LogP contribution is 2.50. The molecule has 3 saturated heterocycles. The Morgan fingerprint density at radius 2 is 2.00 bits per heavy atom. The van der Waals surface area contributed by atoms with E-state index in [9.17, 15) is 14.7 Å². The summed E-state index contributed by atoms with van der Waals surface area (Å²) >= 11 is 1.58. The molecular weight excluding hydrogens is 302 g/mol. The number of carbonyl (C=O) groups is 2. The number of carboxylic acids is 1. The zero-order valence-electron chi connectivity index (χ0n) is 13.1. The lowest BCUT2D eigenvalue weighted by atomic mass is 9.96. The Kier molecular flexibility index (Phi) is 4.09. The van der Waals surface area contributed by atoms with Crippen molar-refractivity contribution in [2.24, 2.45) is 0 Å². The van der Waals surface area contributed by atoms with Crippen LogP contribution in [0.25, 0.3) is 0 Å². The number of aliphatic carboxylic acids is 1. The third-order valence-electron chi connectivity index (χ3n) is 4.75. The van der Waals surface area contributed by atoms with Gasteiger partial charge in [-0.25, -0.2) is 4.79 Å². The summed E-state index contributed by atoms with van der Waals surface area (Å²) in [6.07, 6.45) is 6.86. The first-order valence-corrected chi connectivity index (χ1v) is 8.86. The number of hydrogen-bond donors (Lipinski definition) is 2. The standard InChI is InChI=1S/C15H23N3O3S/c1-15(2)11(14(20)21)18-12(19)10(13(18)22-15)16-9-17-7-5-3-4-6-8-17/h9-11,13H,3-8H2,1-2H3,(H,20,21)/p+1/t10-,11+,13-/m1/s1. The lowest BCUT2D eigenvalue weighted by molar-refractivity contribution is -0.523. The summed E-state index contributed by atoms with van der Waals surface area (Å²) in [7, 11) is 0. The van der Waals surface area contributed by atoms with Crippen molar-refractivity contribution in [3.8, 4) is 0 Å². The molecule has 0 aromatic heterocycles. The Morgan fingerprint density at radius 3 is 2.59 bits per heavy atom. The normalized spacial score (nSPS) is 33.7. The molecule has 22 heavy (non-hydrogen) atoms. The Labute approximate surface area is 134 Å². The molecule has 1 amide bonds. The third-order valence-corrected chi connectivity index (χ3v) is 6.32. The lowest BCUT2D eigenvalue weighted by Gasteiger charge is -2.40. The van der Waals surface area contributed by atoms with E-state index >= 15 is 0 Å². The van der Waals surface area contributed by atoms with Crippen molar-refractivity contribution in [2.45, 2.75) is 61.7 Å². The number of rotatable bonds is 3. The van der Waals surface area contributed by atoms with Crippen molar-refractivity contribution >= 4 is 30.0 Å². The average Bonchev–Trinajstić information content (AvgIpc) is 2.60. The van der Waals surface area contributed by atoms with Crippen LogP contribution in [0.15, 0.2) is 0 Å². The van der Waals surface area contributed by atoms with Crippen LogP contribution in [0.4, 0.5) is 0 Å². The minimum atomic E-state index is -0.914. The highest BCUT2D eigenvalue weighted by Gasteiger charge is 2.65. The fraction of sp³-hybridized carbons (Fsp3) is 0.800. The molecule has 3 atom stereocenters. The van der Waals surface area contributed by atoms with Gasteiger partial charge in [-0.1, -0.05) is 0 Å². The summed E-state index contributed by atoms with van der Waals surface area (Å²) < 4.78 is 1.79. The van der Waals surface area contributed by atoms with E-state index in [0.29, 0.717) is 0 Å². The maximum absolute atomic E-state index is 12.3. The molecule has 3 fully saturated rings. The largest absolute Gasteiger partial charge is 0.480 e. The van der Waals surface area contributed by atoms with Crippen LogP contribution >= 0.6 is 11.8 Å². The van der Waals surface area contributed by atoms with E-state index in [1.807, 2.05) is 20.2 Å². The van der Waals surface area contributed by atoms with E-state index in [4.69, 9.17) is 0 Å². The van der Waals surface area contributed by atoms with Gasteiger partial charge in [0.05, 0.1) is 13.1 Å². The number of fused-ring (bicyclic) bond motifs is 1. The molecule has 0 aromatic rings. The van der Waals surface area contributed by atoms with Gasteiger partial charge in [-0.2, -0.15) is 0 Å². The van der Waals surface area contributed by atoms with Gasteiger partial charge < -0.3 is 10.0 Å². The van der Waals surface area contributed by atoms with Gasteiger partial charge in [-0.15, -0.1) is 11.8 Å². The van der Waals surface area contributed by atoms with Crippen LogP contribution in [0.3, 0.4) is 0 Å². The van der Waals surface area contributed by atoms with Crippen molar-refractivity contribution in [3.63, 3.8) is 0 Å². The SMILES string of the molecule is CC1(C)S[C@@H]2[C@H](NC=[N+]3CCCCCC3)C(=O)N2[C@H]1C(=O)O. The second kappa shape index (κ2) is 5.76. The second-order valence-electron chi connectivity index (χ2n) is 6.82. The summed E-state index contributed by atoms with van der Waals surface area (Å²) in [5, 5.41) is 12.6. The van der Waals surface area contributed by atoms with E-state index in [2.05, 4.69) is 9.89 Å². The van der Waals surface area contributed by atoms with Crippen LogP contribution in [0.1, 0.15) is 39.5 Å². The molecule has 3 aliphatic rings. The maximum atomic E-state index is 12.3. The molecular formula is C15H24N3O3S+. The van der Waals surface area contributed by atoms with Crippen LogP contribution in [-0.2, 0) is 9.59 Å². The predicted molar refractivity (Wildman–Crippen MR) is 85.2 cm³/mol. The molecule has 0 saturated carbocycles. The quantitative estimate of drug-likeness (QED) is 0.454. The van der Waals surface area contributed by atoms with Crippen LogP contribution in [0.2, 0.25) is 0 Å². The summed E-state index contributed by atoms with van der Waals surface area (Å²) in [4.78, 5) is 25.3. The first-order valence-electron chi connectivity index (χ1n) is 7.98. The van der Waals surface area contributed by atoms with Crippen molar-refractivity contribution in [3.05, 3.63) is 0 Å². The number of carbonyl (C=O) groups excluding carboxylic acids is 1. The van der Waals surface area contributed by atoms with Crippen molar-refractivity contribution in [2.75, 3.05) is 13.1 Å². The molecule has 0 unspecified atom stereocenters. The fourth-order valence-electron chi connectivity index (χ4n) is 3.58. The van der Waals surface area contributed by atoms with Gasteiger partial charge in [0.15, 0.2) is 0 Å². The molecule has 3 rings (SSSR count). The van der Waals surface area contributed by atoms with Gasteiger partial charge in [-0.3, -0.25) is 14.7 Å². The fourth-order valence-corrected chi connectivity index (χ4v) is 5.21. The number of carboxylic acid groups (broad SMARTS) is 1. The molecule has 0 aromatic carbocycles. The van der Waals surface area contributed by atoms with Gasteiger partial charge in [0, 0.05) is 4.75 Å². The van der Waals surface area contributed by atoms with Gasteiger partial charge in [0.25, 0.3) is 5.91 Å². The van der Waals surface area contributed by atoms with E-state index in [0.717, 1.165) is 13.1 Å². The molecule has 0 radical (unpaired) electrons. The smallest absolute Gasteiger partial charge is 0.327 e. The van der Waals surface area contributed by atoms with E-state index in [1.54, 1.807) is 11.8 Å². The average molecular weight is 326 g/mol. The van der Waals surface area contributed by atoms with Gasteiger partial charge in [0.2, 0.25) is 12.4 Å². The summed E-state index contributed by atoms with van der Waals surface area (Å²) in [5.74, 6) is -1.01. The molecule has 0 aliphatic carbocycles. The van der Waals surface area contributed by atoms with Crippen LogP contribution < -0.4 is 5.32 Å². The van der Waals surface area contributed by atoms with Crippen LogP contribution in [0.5, 0.6) is 0 Å². The first kappa shape index (κ1) is 15.6. The first-order chi connectivity index (χ1) is 10.4. The predicted octanol–water partition coefficient (Wildman–Crippen LogP) is 0.706. The molecule has 2 N–H and O–H groups in total. The number of nitrogens with one attached hydrogen (secondary N) is 1. The van der Waals surface area contributed by atoms with Gasteiger partial charge >= 0.3 is 5.97 Å². The summed E-state index contributed by atoms with van der Waals surface area (Å²) in [6, 6.07) is -1.02. The van der Waals surface area contributed by atoms with Gasteiger partial charge in [-0.05, 0) is 39.5 Å². The molecule has 122 valence electrons. The van der Waals surface area contributed by atoms with Gasteiger partial charge in [0.1, 0.15) is 11.4 Å². The van der Waals surface area contributed by atoms with Crippen molar-refractivity contribution < 1.29 is 19.3 Å². The van der Waals surface area contributed by atoms with E-state index in [-0.39, 0.29) is 17.3 Å². The number of hydrogen-bond acceptors (Lipinski definition) is 3. The van der Waals surface area contributed by atoms with E-state index in [1.165, 1.54) is 30.6 Å².